The van der Waals surface area contributed by atoms with Crippen molar-refractivity contribution < 1.29 is 13.9 Å². The number of aromatic amines is 1. The number of hydrogen-bond donors (Lipinski definition) is 2. The highest BCUT2D eigenvalue weighted by molar-refractivity contribution is 5.92. The highest BCUT2D eigenvalue weighted by Crippen LogP contribution is 2.18. The predicted molar refractivity (Wildman–Crippen MR) is 125 cm³/mol. The second-order valence-electron chi connectivity index (χ2n) is 7.96. The van der Waals surface area contributed by atoms with Crippen molar-refractivity contribution in [1.29, 1.82) is 0 Å². The Morgan fingerprint density at radius 3 is 2.53 bits per heavy atom. The van der Waals surface area contributed by atoms with E-state index in [0.29, 0.717) is 24.5 Å². The Morgan fingerprint density at radius 1 is 1.09 bits per heavy atom. The summed E-state index contributed by atoms with van der Waals surface area (Å²) >= 11 is 0. The van der Waals surface area contributed by atoms with E-state index in [0.717, 1.165) is 33.9 Å². The first-order chi connectivity index (χ1) is 16.4. The summed E-state index contributed by atoms with van der Waals surface area (Å²) in [6.07, 6.45) is 0.808. The highest BCUT2D eigenvalue weighted by atomic mass is 19.1. The topological polar surface area (TPSA) is 106 Å². The van der Waals surface area contributed by atoms with Crippen molar-refractivity contribution in [3.63, 3.8) is 0 Å². The van der Waals surface area contributed by atoms with Crippen LogP contribution in [0.25, 0.3) is 11.4 Å². The van der Waals surface area contributed by atoms with Gasteiger partial charge in [0.25, 0.3) is 5.91 Å². The molecule has 1 amide bonds. The Morgan fingerprint density at radius 2 is 1.88 bits per heavy atom. The molecule has 1 unspecified atom stereocenters. The molecule has 3 heterocycles. The molecule has 0 fully saturated rings. The highest BCUT2D eigenvalue weighted by Gasteiger charge is 2.11. The lowest BCUT2D eigenvalue weighted by Crippen LogP contribution is -2.23. The van der Waals surface area contributed by atoms with Gasteiger partial charge in [-0.1, -0.05) is 12.1 Å². The van der Waals surface area contributed by atoms with Gasteiger partial charge >= 0.3 is 0 Å². The zero-order valence-corrected chi connectivity index (χ0v) is 19.2. The smallest absolute Gasteiger partial charge is 0.270 e. The fourth-order valence-corrected chi connectivity index (χ4v) is 3.41. The molecule has 1 aromatic carbocycles. The van der Waals surface area contributed by atoms with Gasteiger partial charge in [-0.25, -0.2) is 14.4 Å². The number of nitrogens with zero attached hydrogens (tertiary/aromatic N) is 4. The Bertz CT molecular complexity index is 1270. The molecule has 2 N–H and O–H groups in total. The third-order valence-electron chi connectivity index (χ3n) is 4.96. The van der Waals surface area contributed by atoms with Crippen LogP contribution in [0.3, 0.4) is 0 Å². The first-order valence-electron chi connectivity index (χ1n) is 10.9. The van der Waals surface area contributed by atoms with E-state index in [1.807, 2.05) is 26.0 Å². The van der Waals surface area contributed by atoms with Gasteiger partial charge in [0.2, 0.25) is 6.36 Å². The minimum Gasteiger partial charge on any atom is -0.461 e. The second kappa shape index (κ2) is 10.2. The molecule has 34 heavy (non-hydrogen) atoms. The largest absolute Gasteiger partial charge is 0.461 e. The van der Waals surface area contributed by atoms with Crippen LogP contribution in [0.4, 0.5) is 4.39 Å². The van der Waals surface area contributed by atoms with Crippen LogP contribution in [-0.2, 0) is 13.0 Å². The van der Waals surface area contributed by atoms with Crippen LogP contribution in [-0.4, -0.2) is 37.4 Å². The van der Waals surface area contributed by atoms with Crippen molar-refractivity contribution in [2.24, 2.45) is 0 Å². The van der Waals surface area contributed by atoms with Crippen LogP contribution in [0.15, 0.2) is 54.7 Å². The molecule has 174 valence electrons. The molecule has 3 aromatic heterocycles. The molecule has 0 saturated carbocycles. The Kier molecular flexibility index (Phi) is 6.91. The van der Waals surface area contributed by atoms with E-state index in [2.05, 4.69) is 30.5 Å². The van der Waals surface area contributed by atoms with Gasteiger partial charge in [-0.3, -0.25) is 14.9 Å². The number of nitrogens with one attached hydrogen (secondary N) is 2. The third kappa shape index (κ3) is 6.00. The molecule has 0 bridgehead atoms. The first-order valence-corrected chi connectivity index (χ1v) is 10.9. The summed E-state index contributed by atoms with van der Waals surface area (Å²) in [7, 11) is 0. The zero-order valence-electron chi connectivity index (χ0n) is 19.2. The van der Waals surface area contributed by atoms with Crippen LogP contribution in [0, 0.1) is 13.8 Å². The maximum Gasteiger partial charge on any atom is 0.270 e. The number of aryl methyl sites for hydroxylation is 2. The summed E-state index contributed by atoms with van der Waals surface area (Å²) in [5.74, 6) is 0.680. The summed E-state index contributed by atoms with van der Waals surface area (Å²) in [6.45, 7) is 5.50. The quantitative estimate of drug-likeness (QED) is 0.410. The van der Waals surface area contributed by atoms with Crippen LogP contribution >= 0.6 is 0 Å². The van der Waals surface area contributed by atoms with E-state index < -0.39 is 6.36 Å². The van der Waals surface area contributed by atoms with Crippen LogP contribution in [0.1, 0.15) is 45.8 Å². The molecular formula is C25H25FN6O2. The number of alkyl halides is 1. The molecule has 4 aromatic rings. The molecule has 1 atom stereocenters. The number of pyridine rings is 1. The summed E-state index contributed by atoms with van der Waals surface area (Å²) in [4.78, 5) is 25.9. The third-order valence-corrected chi connectivity index (χ3v) is 4.96. The van der Waals surface area contributed by atoms with Gasteiger partial charge in [0.15, 0.2) is 5.82 Å². The fraction of sp³-hybridized carbons (Fsp3) is 0.240. The van der Waals surface area contributed by atoms with E-state index in [4.69, 9.17) is 4.74 Å². The first kappa shape index (κ1) is 23.0. The molecule has 0 aliphatic heterocycles. The van der Waals surface area contributed by atoms with E-state index in [1.165, 1.54) is 6.92 Å². The molecule has 0 radical (unpaired) electrons. The number of H-pyrrole nitrogens is 1. The zero-order chi connectivity index (χ0) is 24.1. The normalized spacial score (nSPS) is 11.8. The molecular weight excluding hydrogens is 435 g/mol. The summed E-state index contributed by atoms with van der Waals surface area (Å²) in [5.41, 5.74) is 5.46. The number of amides is 1. The number of benzene rings is 1. The maximum absolute atomic E-state index is 12.9. The van der Waals surface area contributed by atoms with Gasteiger partial charge in [-0.05, 0) is 55.8 Å². The second-order valence-corrected chi connectivity index (χ2v) is 7.96. The number of ether oxygens (including phenoxy) is 1. The number of aromatic nitrogens is 5. The van der Waals surface area contributed by atoms with Crippen LogP contribution < -0.4 is 10.1 Å². The van der Waals surface area contributed by atoms with Crippen LogP contribution in [0.2, 0.25) is 0 Å². The number of halogens is 1. The molecule has 8 nitrogen and oxygen atoms in total. The van der Waals surface area contributed by atoms with Crippen molar-refractivity contribution in [3.05, 3.63) is 88.8 Å². The SMILES string of the molecule is Cc1cc(Cc2cc(C)[nH]n2)nc(-c2ccc(C(=O)NCc3ccc(OC(C)F)cc3)nc2)n1. The van der Waals surface area contributed by atoms with Gasteiger partial charge in [0.05, 0.1) is 11.4 Å². The average Bonchev–Trinajstić information content (AvgIpc) is 3.22. The van der Waals surface area contributed by atoms with E-state index in [9.17, 15) is 9.18 Å². The number of carbonyl (C=O) groups is 1. The van der Waals surface area contributed by atoms with Crippen molar-refractivity contribution in [3.8, 4) is 17.1 Å². The number of hydrogen-bond acceptors (Lipinski definition) is 6. The van der Waals surface area contributed by atoms with E-state index >= 15 is 0 Å². The molecule has 0 spiro atoms. The van der Waals surface area contributed by atoms with E-state index in [1.54, 1.807) is 42.6 Å². The Hall–Kier alpha value is -4.14. The lowest BCUT2D eigenvalue weighted by Gasteiger charge is -2.09. The molecule has 0 saturated heterocycles. The van der Waals surface area contributed by atoms with Gasteiger partial charge in [-0.2, -0.15) is 5.10 Å². The van der Waals surface area contributed by atoms with Gasteiger partial charge < -0.3 is 10.1 Å². The van der Waals surface area contributed by atoms with Gasteiger partial charge in [-0.15, -0.1) is 0 Å². The summed E-state index contributed by atoms with van der Waals surface area (Å²) in [6, 6.07) is 14.2. The standard InChI is InChI=1S/C25H25FN6O2/c1-15-10-20(12-21-11-16(2)31-32-21)30-24(29-15)19-6-9-23(27-14-19)25(33)28-13-18-4-7-22(8-5-18)34-17(3)26/h4-11,14,17H,12-13H2,1-3H3,(H,28,33)(H,31,32). The summed E-state index contributed by atoms with van der Waals surface area (Å²) < 4.78 is 17.9. The molecule has 4 rings (SSSR count). The fourth-order valence-electron chi connectivity index (χ4n) is 3.41. The van der Waals surface area contributed by atoms with Crippen molar-refractivity contribution in [2.75, 3.05) is 0 Å². The minimum atomic E-state index is -1.38. The van der Waals surface area contributed by atoms with Gasteiger partial charge in [0, 0.05) is 43.0 Å². The van der Waals surface area contributed by atoms with Gasteiger partial charge in [0.1, 0.15) is 11.4 Å². The monoisotopic (exact) mass is 460 g/mol. The van der Waals surface area contributed by atoms with Crippen molar-refractivity contribution in [2.45, 2.75) is 40.1 Å². The lowest BCUT2D eigenvalue weighted by molar-refractivity contribution is 0.0860. The Balaban J connectivity index is 1.40. The van der Waals surface area contributed by atoms with E-state index in [-0.39, 0.29) is 11.6 Å². The maximum atomic E-state index is 12.9. The van der Waals surface area contributed by atoms with Crippen molar-refractivity contribution >= 4 is 5.91 Å². The Labute approximate surface area is 196 Å². The van der Waals surface area contributed by atoms with Crippen molar-refractivity contribution in [1.82, 2.24) is 30.5 Å². The molecule has 9 heteroatoms. The molecule has 0 aliphatic carbocycles. The van der Waals surface area contributed by atoms with Crippen LogP contribution in [0.5, 0.6) is 5.75 Å². The predicted octanol–water partition coefficient (Wildman–Crippen LogP) is 4.09. The lowest BCUT2D eigenvalue weighted by atomic mass is 10.1. The summed E-state index contributed by atoms with van der Waals surface area (Å²) in [5, 5.41) is 10.0. The average molecular weight is 461 g/mol. The number of rotatable bonds is 8. The number of carbonyl (C=O) groups excluding carboxylic acids is 1. The molecule has 0 aliphatic rings. The minimum absolute atomic E-state index is 0.287.